The smallest absolute Gasteiger partial charge is 0.271 e. The average molecular weight is 278 g/mol. The number of nitro groups is 1. The molecule has 0 saturated heterocycles. The van der Waals surface area contributed by atoms with Crippen LogP contribution < -0.4 is 5.32 Å². The quantitative estimate of drug-likeness (QED) is 0.651. The van der Waals surface area contributed by atoms with Crippen molar-refractivity contribution in [3.8, 4) is 0 Å². The molecule has 0 aliphatic rings. The summed E-state index contributed by atoms with van der Waals surface area (Å²) in [5.74, 6) is 0. The second-order valence-corrected chi connectivity index (χ2v) is 4.99. The van der Waals surface area contributed by atoms with Gasteiger partial charge in [0.1, 0.15) is 0 Å². The van der Waals surface area contributed by atoms with Gasteiger partial charge in [-0.25, -0.2) is 0 Å². The Kier molecular flexibility index (Phi) is 4.13. The number of anilines is 1. The minimum Gasteiger partial charge on any atom is -0.387 e. The van der Waals surface area contributed by atoms with Crippen LogP contribution in [-0.2, 0) is 0 Å². The minimum atomic E-state index is -0.620. The maximum atomic E-state index is 10.7. The van der Waals surface area contributed by atoms with Crippen LogP contribution in [0.15, 0.2) is 35.0 Å². The Morgan fingerprint density at radius 3 is 2.89 bits per heavy atom. The molecular formula is C13H14N2O3S. The number of non-ortho nitro benzene ring substituents is 1. The van der Waals surface area contributed by atoms with E-state index in [0.717, 1.165) is 11.1 Å². The van der Waals surface area contributed by atoms with E-state index in [1.54, 1.807) is 6.07 Å². The topological polar surface area (TPSA) is 75.4 Å². The fraction of sp³-hybridized carbons (Fsp3) is 0.231. The maximum Gasteiger partial charge on any atom is 0.271 e. The molecule has 6 heteroatoms. The largest absolute Gasteiger partial charge is 0.387 e. The van der Waals surface area contributed by atoms with E-state index >= 15 is 0 Å². The van der Waals surface area contributed by atoms with Crippen molar-refractivity contribution in [3.63, 3.8) is 0 Å². The summed E-state index contributed by atoms with van der Waals surface area (Å²) in [6.45, 7) is 2.18. The third-order valence-electron chi connectivity index (χ3n) is 2.85. The van der Waals surface area contributed by atoms with E-state index < -0.39 is 11.0 Å². The van der Waals surface area contributed by atoms with E-state index in [1.807, 2.05) is 23.8 Å². The molecule has 0 saturated carbocycles. The first-order valence-corrected chi connectivity index (χ1v) is 6.71. The Morgan fingerprint density at radius 2 is 2.26 bits per heavy atom. The Labute approximate surface area is 114 Å². The summed E-state index contributed by atoms with van der Waals surface area (Å²) >= 11 is 1.52. The second kappa shape index (κ2) is 5.81. The lowest BCUT2D eigenvalue weighted by atomic mass is 10.1. The molecule has 1 heterocycles. The molecule has 1 atom stereocenters. The number of nitrogens with one attached hydrogen (secondary N) is 1. The molecule has 5 nitrogen and oxygen atoms in total. The number of benzene rings is 1. The van der Waals surface area contributed by atoms with Crippen molar-refractivity contribution in [3.05, 3.63) is 56.3 Å². The Bertz CT molecular complexity index is 569. The number of aliphatic hydroxyl groups excluding tert-OH is 1. The monoisotopic (exact) mass is 278 g/mol. The molecule has 100 valence electrons. The zero-order valence-electron chi connectivity index (χ0n) is 10.4. The van der Waals surface area contributed by atoms with Gasteiger partial charge in [-0.3, -0.25) is 10.1 Å². The fourth-order valence-electron chi connectivity index (χ4n) is 1.70. The zero-order valence-corrected chi connectivity index (χ0v) is 11.2. The van der Waals surface area contributed by atoms with Crippen LogP contribution in [0.3, 0.4) is 0 Å². The van der Waals surface area contributed by atoms with Gasteiger partial charge in [0.2, 0.25) is 0 Å². The van der Waals surface area contributed by atoms with Gasteiger partial charge in [-0.05, 0) is 34.9 Å². The molecule has 1 aromatic carbocycles. The van der Waals surface area contributed by atoms with Crippen LogP contribution in [0.4, 0.5) is 11.4 Å². The number of nitro benzene ring substituents is 1. The molecule has 0 radical (unpaired) electrons. The van der Waals surface area contributed by atoms with E-state index in [4.69, 9.17) is 0 Å². The van der Waals surface area contributed by atoms with Crippen LogP contribution in [0.2, 0.25) is 0 Å². The fourth-order valence-corrected chi connectivity index (χ4v) is 2.41. The van der Waals surface area contributed by atoms with Crippen molar-refractivity contribution in [2.75, 3.05) is 11.9 Å². The van der Waals surface area contributed by atoms with E-state index in [9.17, 15) is 15.2 Å². The number of aryl methyl sites for hydroxylation is 1. The van der Waals surface area contributed by atoms with Crippen molar-refractivity contribution < 1.29 is 10.0 Å². The lowest BCUT2D eigenvalue weighted by molar-refractivity contribution is -0.384. The molecule has 19 heavy (non-hydrogen) atoms. The number of thiophene rings is 1. The molecular weight excluding hydrogens is 264 g/mol. The molecule has 0 aliphatic carbocycles. The summed E-state index contributed by atoms with van der Waals surface area (Å²) < 4.78 is 0. The molecule has 0 aliphatic heterocycles. The van der Waals surface area contributed by atoms with Gasteiger partial charge in [0.25, 0.3) is 5.69 Å². The van der Waals surface area contributed by atoms with E-state index in [2.05, 4.69) is 5.32 Å². The number of rotatable bonds is 5. The molecule has 2 rings (SSSR count). The third-order valence-corrected chi connectivity index (χ3v) is 3.55. The normalized spacial score (nSPS) is 12.1. The number of hydrogen-bond acceptors (Lipinski definition) is 5. The van der Waals surface area contributed by atoms with Crippen molar-refractivity contribution in [2.24, 2.45) is 0 Å². The highest BCUT2D eigenvalue weighted by molar-refractivity contribution is 7.07. The molecule has 0 bridgehead atoms. The molecule has 0 fully saturated rings. The van der Waals surface area contributed by atoms with Crippen molar-refractivity contribution in [1.29, 1.82) is 0 Å². The van der Waals surface area contributed by atoms with Gasteiger partial charge in [0.05, 0.1) is 11.0 Å². The van der Waals surface area contributed by atoms with Crippen LogP contribution in [0.1, 0.15) is 17.2 Å². The summed E-state index contributed by atoms with van der Waals surface area (Å²) in [5, 5.41) is 27.5. The highest BCUT2D eigenvalue weighted by atomic mass is 32.1. The van der Waals surface area contributed by atoms with Crippen LogP contribution in [0.5, 0.6) is 0 Å². The van der Waals surface area contributed by atoms with Gasteiger partial charge >= 0.3 is 0 Å². The lowest BCUT2D eigenvalue weighted by Crippen LogP contribution is -2.12. The Hall–Kier alpha value is -1.92. The van der Waals surface area contributed by atoms with Crippen molar-refractivity contribution >= 4 is 22.7 Å². The number of hydrogen-bond donors (Lipinski definition) is 2. The summed E-state index contributed by atoms with van der Waals surface area (Å²) in [6.07, 6.45) is -0.620. The summed E-state index contributed by atoms with van der Waals surface area (Å²) in [5.41, 5.74) is 2.46. The van der Waals surface area contributed by atoms with Crippen LogP contribution in [0, 0.1) is 17.0 Å². The maximum absolute atomic E-state index is 10.7. The van der Waals surface area contributed by atoms with Gasteiger partial charge in [0.15, 0.2) is 0 Å². The minimum absolute atomic E-state index is 0.0399. The molecule has 1 aromatic heterocycles. The Balaban J connectivity index is 2.06. The zero-order chi connectivity index (χ0) is 13.8. The molecule has 2 aromatic rings. The molecule has 0 spiro atoms. The van der Waals surface area contributed by atoms with Crippen LogP contribution in [-0.4, -0.2) is 16.6 Å². The summed E-state index contributed by atoms with van der Waals surface area (Å²) in [7, 11) is 0. The lowest BCUT2D eigenvalue weighted by Gasteiger charge is -2.13. The standard InChI is InChI=1S/C13H14N2O3S/c1-9-2-3-11(15(17)18)6-12(9)14-7-13(16)10-4-5-19-8-10/h2-6,8,13-14,16H,7H2,1H3. The number of aliphatic hydroxyl groups is 1. The van der Waals surface area contributed by atoms with Crippen LogP contribution >= 0.6 is 11.3 Å². The summed E-state index contributed by atoms with van der Waals surface area (Å²) in [4.78, 5) is 10.3. The van der Waals surface area contributed by atoms with E-state index in [-0.39, 0.29) is 5.69 Å². The van der Waals surface area contributed by atoms with E-state index in [0.29, 0.717) is 12.2 Å². The molecule has 2 N–H and O–H groups in total. The predicted molar refractivity (Wildman–Crippen MR) is 75.6 cm³/mol. The average Bonchev–Trinajstić information content (AvgIpc) is 2.91. The highest BCUT2D eigenvalue weighted by Crippen LogP contribution is 2.23. The first kappa shape index (κ1) is 13.5. The highest BCUT2D eigenvalue weighted by Gasteiger charge is 2.11. The summed E-state index contributed by atoms with van der Waals surface area (Å²) in [6, 6.07) is 6.50. The first-order chi connectivity index (χ1) is 9.08. The van der Waals surface area contributed by atoms with Crippen molar-refractivity contribution in [2.45, 2.75) is 13.0 Å². The van der Waals surface area contributed by atoms with E-state index in [1.165, 1.54) is 23.5 Å². The molecule has 0 amide bonds. The number of nitrogens with zero attached hydrogens (tertiary/aromatic N) is 1. The third kappa shape index (κ3) is 3.30. The predicted octanol–water partition coefficient (Wildman–Crippen LogP) is 3.11. The van der Waals surface area contributed by atoms with Crippen LogP contribution in [0.25, 0.3) is 0 Å². The van der Waals surface area contributed by atoms with Gasteiger partial charge < -0.3 is 10.4 Å². The second-order valence-electron chi connectivity index (χ2n) is 4.21. The Morgan fingerprint density at radius 1 is 1.47 bits per heavy atom. The SMILES string of the molecule is Cc1ccc([N+](=O)[O-])cc1NCC(O)c1ccsc1. The molecule has 1 unspecified atom stereocenters. The van der Waals surface area contributed by atoms with Gasteiger partial charge in [-0.1, -0.05) is 6.07 Å². The van der Waals surface area contributed by atoms with Gasteiger partial charge in [-0.15, -0.1) is 0 Å². The first-order valence-electron chi connectivity index (χ1n) is 5.77. The van der Waals surface area contributed by atoms with Gasteiger partial charge in [0, 0.05) is 24.4 Å². The van der Waals surface area contributed by atoms with Gasteiger partial charge in [-0.2, -0.15) is 11.3 Å². The van der Waals surface area contributed by atoms with Crippen molar-refractivity contribution in [1.82, 2.24) is 0 Å².